The molecule has 0 aliphatic heterocycles. The zero-order valence-electron chi connectivity index (χ0n) is 13.2. The number of H-pyrrole nitrogens is 1. The number of rotatable bonds is 2. The second-order valence-electron chi connectivity index (χ2n) is 5.85. The average molecular weight is 315 g/mol. The molecule has 0 fully saturated rings. The first-order valence-electron chi connectivity index (χ1n) is 7.68. The molecule has 0 bridgehead atoms. The molecule has 0 saturated heterocycles. The Morgan fingerprint density at radius 1 is 0.875 bits per heavy atom. The molecule has 0 aliphatic rings. The van der Waals surface area contributed by atoms with Crippen LogP contribution in [0.3, 0.4) is 0 Å². The summed E-state index contributed by atoms with van der Waals surface area (Å²) in [6, 6.07) is 13.9. The third-order valence-corrected chi connectivity index (χ3v) is 4.18. The number of aromatic nitrogens is 3. The smallest absolute Gasteiger partial charge is 0.138 e. The van der Waals surface area contributed by atoms with Gasteiger partial charge in [0.25, 0.3) is 0 Å². The number of nitrogen functional groups attached to an aromatic ring is 2. The van der Waals surface area contributed by atoms with Crippen molar-refractivity contribution in [3.05, 3.63) is 60.4 Å². The maximum Gasteiger partial charge on any atom is 0.138 e. The second-order valence-corrected chi connectivity index (χ2v) is 5.85. The SMILES string of the molecule is Cc1cc(N)c(N)cc1-c1ccc2[nH]c(-c3ccncc3)nc2c1. The number of hydrogen-bond donors (Lipinski definition) is 3. The van der Waals surface area contributed by atoms with Crippen LogP contribution in [0.2, 0.25) is 0 Å². The van der Waals surface area contributed by atoms with Gasteiger partial charge in [-0.25, -0.2) is 4.98 Å². The lowest BCUT2D eigenvalue weighted by Gasteiger charge is -2.09. The number of fused-ring (bicyclic) bond motifs is 1. The molecule has 4 aromatic rings. The predicted octanol–water partition coefficient (Wildman–Crippen LogP) is 3.76. The fourth-order valence-corrected chi connectivity index (χ4v) is 2.88. The maximum absolute atomic E-state index is 5.97. The fourth-order valence-electron chi connectivity index (χ4n) is 2.88. The van der Waals surface area contributed by atoms with E-state index in [-0.39, 0.29) is 0 Å². The van der Waals surface area contributed by atoms with Gasteiger partial charge in [0, 0.05) is 18.0 Å². The van der Waals surface area contributed by atoms with Crippen LogP contribution in [0.5, 0.6) is 0 Å². The first kappa shape index (κ1) is 14.3. The highest BCUT2D eigenvalue weighted by Crippen LogP contribution is 2.31. The minimum Gasteiger partial charge on any atom is -0.397 e. The zero-order chi connectivity index (χ0) is 16.7. The number of hydrogen-bond acceptors (Lipinski definition) is 4. The third kappa shape index (κ3) is 2.36. The molecule has 0 atom stereocenters. The Hall–Kier alpha value is -3.34. The van der Waals surface area contributed by atoms with Crippen molar-refractivity contribution in [1.29, 1.82) is 0 Å². The van der Waals surface area contributed by atoms with Crippen molar-refractivity contribution in [2.75, 3.05) is 11.5 Å². The van der Waals surface area contributed by atoms with Gasteiger partial charge in [0.1, 0.15) is 5.82 Å². The van der Waals surface area contributed by atoms with Gasteiger partial charge in [0.2, 0.25) is 0 Å². The fraction of sp³-hybridized carbons (Fsp3) is 0.0526. The summed E-state index contributed by atoms with van der Waals surface area (Å²) in [5, 5.41) is 0. The van der Waals surface area contributed by atoms with Crippen molar-refractivity contribution in [2.45, 2.75) is 6.92 Å². The lowest BCUT2D eigenvalue weighted by molar-refractivity contribution is 1.28. The molecule has 0 saturated carbocycles. The molecule has 5 nitrogen and oxygen atoms in total. The molecule has 2 heterocycles. The summed E-state index contributed by atoms with van der Waals surface area (Å²) in [5.41, 5.74) is 19.2. The lowest BCUT2D eigenvalue weighted by atomic mass is 9.98. The number of benzene rings is 2. The van der Waals surface area contributed by atoms with Gasteiger partial charge in [0.15, 0.2) is 0 Å². The summed E-state index contributed by atoms with van der Waals surface area (Å²) in [4.78, 5) is 12.1. The summed E-state index contributed by atoms with van der Waals surface area (Å²) in [6.45, 7) is 2.03. The van der Waals surface area contributed by atoms with Crippen molar-refractivity contribution in [3.8, 4) is 22.5 Å². The number of aryl methyl sites for hydroxylation is 1. The van der Waals surface area contributed by atoms with Crippen molar-refractivity contribution in [3.63, 3.8) is 0 Å². The molecule has 0 unspecified atom stereocenters. The molecule has 0 aliphatic carbocycles. The lowest BCUT2D eigenvalue weighted by Crippen LogP contribution is -1.96. The summed E-state index contributed by atoms with van der Waals surface area (Å²) >= 11 is 0. The Morgan fingerprint density at radius 3 is 2.42 bits per heavy atom. The van der Waals surface area contributed by atoms with Crippen LogP contribution in [0.15, 0.2) is 54.9 Å². The summed E-state index contributed by atoms with van der Waals surface area (Å²) in [5.74, 6) is 0.832. The number of nitrogens with one attached hydrogen (secondary N) is 1. The number of nitrogens with two attached hydrogens (primary N) is 2. The van der Waals surface area contributed by atoms with E-state index in [1.165, 1.54) is 0 Å². The van der Waals surface area contributed by atoms with Gasteiger partial charge in [-0.1, -0.05) is 6.07 Å². The Labute approximate surface area is 139 Å². The van der Waals surface area contributed by atoms with Crippen LogP contribution in [0, 0.1) is 6.92 Å². The average Bonchev–Trinajstić information content (AvgIpc) is 3.02. The third-order valence-electron chi connectivity index (χ3n) is 4.18. The molecule has 2 aromatic heterocycles. The van der Waals surface area contributed by atoms with Crippen molar-refractivity contribution in [1.82, 2.24) is 15.0 Å². The van der Waals surface area contributed by atoms with E-state index in [9.17, 15) is 0 Å². The van der Waals surface area contributed by atoms with Crippen LogP contribution in [0.1, 0.15) is 5.56 Å². The zero-order valence-corrected chi connectivity index (χ0v) is 13.2. The van der Waals surface area contributed by atoms with E-state index >= 15 is 0 Å². The van der Waals surface area contributed by atoms with Gasteiger partial charge < -0.3 is 16.5 Å². The molecule has 118 valence electrons. The molecule has 0 radical (unpaired) electrons. The molecular weight excluding hydrogens is 298 g/mol. The quantitative estimate of drug-likeness (QED) is 0.491. The van der Waals surface area contributed by atoms with E-state index in [0.717, 1.165) is 39.1 Å². The minimum atomic E-state index is 0.593. The summed E-state index contributed by atoms with van der Waals surface area (Å²) < 4.78 is 0. The van der Waals surface area contributed by atoms with Gasteiger partial charge in [0.05, 0.1) is 22.4 Å². The number of anilines is 2. The van der Waals surface area contributed by atoms with Gasteiger partial charge >= 0.3 is 0 Å². The molecule has 4 rings (SSSR count). The van der Waals surface area contributed by atoms with E-state index in [0.29, 0.717) is 11.4 Å². The highest BCUT2D eigenvalue weighted by Gasteiger charge is 2.09. The Morgan fingerprint density at radius 2 is 1.62 bits per heavy atom. The van der Waals surface area contributed by atoms with E-state index in [1.807, 2.05) is 37.3 Å². The van der Waals surface area contributed by atoms with E-state index in [4.69, 9.17) is 16.5 Å². The van der Waals surface area contributed by atoms with Crippen molar-refractivity contribution in [2.24, 2.45) is 0 Å². The normalized spacial score (nSPS) is 11.0. The largest absolute Gasteiger partial charge is 0.397 e. The second kappa shape index (κ2) is 5.38. The van der Waals surface area contributed by atoms with Gasteiger partial charge in [-0.05, 0) is 60.0 Å². The Balaban J connectivity index is 1.83. The van der Waals surface area contributed by atoms with Gasteiger partial charge in [-0.2, -0.15) is 0 Å². The van der Waals surface area contributed by atoms with Crippen molar-refractivity contribution < 1.29 is 0 Å². The molecule has 0 amide bonds. The molecular formula is C19H17N5. The standard InChI is InChI=1S/C19H17N5/c1-11-8-15(20)16(21)10-14(11)13-2-3-17-18(9-13)24-19(23-17)12-4-6-22-7-5-12/h2-10H,20-21H2,1H3,(H,23,24). The van der Waals surface area contributed by atoms with Crippen molar-refractivity contribution >= 4 is 22.4 Å². The Bertz CT molecular complexity index is 1030. The topological polar surface area (TPSA) is 93.6 Å². The minimum absolute atomic E-state index is 0.593. The summed E-state index contributed by atoms with van der Waals surface area (Å²) in [6.07, 6.45) is 3.52. The van der Waals surface area contributed by atoms with Crippen LogP contribution in [0.4, 0.5) is 11.4 Å². The maximum atomic E-state index is 5.97. The number of nitrogens with zero attached hydrogens (tertiary/aromatic N) is 2. The van der Waals surface area contributed by atoms with Crippen LogP contribution < -0.4 is 11.5 Å². The summed E-state index contributed by atoms with van der Waals surface area (Å²) in [7, 11) is 0. The molecule has 24 heavy (non-hydrogen) atoms. The highest BCUT2D eigenvalue weighted by molar-refractivity contribution is 5.86. The van der Waals surface area contributed by atoms with Crippen LogP contribution in [-0.4, -0.2) is 15.0 Å². The van der Waals surface area contributed by atoms with E-state index in [2.05, 4.69) is 22.1 Å². The molecule has 5 N–H and O–H groups in total. The first-order chi connectivity index (χ1) is 11.6. The van der Waals surface area contributed by atoms with Gasteiger partial charge in [-0.3, -0.25) is 4.98 Å². The van der Waals surface area contributed by atoms with Crippen LogP contribution >= 0.6 is 0 Å². The first-order valence-corrected chi connectivity index (χ1v) is 7.68. The molecule has 2 aromatic carbocycles. The highest BCUT2D eigenvalue weighted by atomic mass is 14.9. The van der Waals surface area contributed by atoms with Crippen LogP contribution in [0.25, 0.3) is 33.5 Å². The number of imidazole rings is 1. The van der Waals surface area contributed by atoms with E-state index < -0.39 is 0 Å². The van der Waals surface area contributed by atoms with Crippen LogP contribution in [-0.2, 0) is 0 Å². The predicted molar refractivity (Wildman–Crippen MR) is 98.3 cm³/mol. The number of pyridine rings is 1. The molecule has 5 heteroatoms. The monoisotopic (exact) mass is 315 g/mol. The van der Waals surface area contributed by atoms with Gasteiger partial charge in [-0.15, -0.1) is 0 Å². The Kier molecular flexibility index (Phi) is 3.20. The molecule has 0 spiro atoms. The number of aromatic amines is 1. The van der Waals surface area contributed by atoms with E-state index in [1.54, 1.807) is 12.4 Å².